The Bertz CT molecular complexity index is 753. The predicted molar refractivity (Wildman–Crippen MR) is 87.3 cm³/mol. The molecule has 2 amide bonds. The topological polar surface area (TPSA) is 79.4 Å². The lowest BCUT2D eigenvalue weighted by molar-refractivity contribution is 0.122. The van der Waals surface area contributed by atoms with Crippen molar-refractivity contribution >= 4 is 17.5 Å². The van der Waals surface area contributed by atoms with Crippen molar-refractivity contribution in [3.05, 3.63) is 47.9 Å². The molecule has 1 aliphatic heterocycles. The lowest BCUT2D eigenvalue weighted by Gasteiger charge is -2.27. The number of ether oxygens (including phenoxy) is 1. The van der Waals surface area contributed by atoms with Gasteiger partial charge in [0, 0.05) is 31.0 Å². The van der Waals surface area contributed by atoms with Crippen LogP contribution in [0.5, 0.6) is 0 Å². The Balaban J connectivity index is 1.55. The minimum absolute atomic E-state index is 0.105. The molecule has 0 spiro atoms. The number of hydrogen-bond donors (Lipinski definition) is 2. The van der Waals surface area contributed by atoms with Crippen molar-refractivity contribution in [1.29, 1.82) is 0 Å². The first-order valence-electron chi connectivity index (χ1n) is 7.76. The summed E-state index contributed by atoms with van der Waals surface area (Å²) < 4.78 is 31.3. The smallest absolute Gasteiger partial charge is 0.319 e. The van der Waals surface area contributed by atoms with Crippen LogP contribution in [0.3, 0.4) is 0 Å². The lowest BCUT2D eigenvalue weighted by atomic mass is 10.3. The number of benzene rings is 1. The van der Waals surface area contributed by atoms with Crippen LogP contribution in [-0.4, -0.2) is 42.3 Å². The molecule has 2 aromatic rings. The average Bonchev–Trinajstić information content (AvgIpc) is 2.64. The van der Waals surface area contributed by atoms with E-state index in [-0.39, 0.29) is 12.2 Å². The van der Waals surface area contributed by atoms with Crippen LogP contribution in [0.15, 0.2) is 30.5 Å². The minimum Gasteiger partial charge on any atom is -0.378 e. The monoisotopic (exact) mass is 349 g/mol. The third-order valence-electron chi connectivity index (χ3n) is 3.61. The molecule has 2 heterocycles. The van der Waals surface area contributed by atoms with Crippen LogP contribution in [0.2, 0.25) is 0 Å². The summed E-state index contributed by atoms with van der Waals surface area (Å²) in [6, 6.07) is 4.36. The van der Waals surface area contributed by atoms with E-state index in [0.29, 0.717) is 19.0 Å². The molecule has 3 rings (SSSR count). The summed E-state index contributed by atoms with van der Waals surface area (Å²) >= 11 is 0. The van der Waals surface area contributed by atoms with Crippen LogP contribution in [0.25, 0.3) is 0 Å². The Labute approximate surface area is 143 Å². The second-order valence-electron chi connectivity index (χ2n) is 5.37. The Hall–Kier alpha value is -2.81. The van der Waals surface area contributed by atoms with Gasteiger partial charge < -0.3 is 20.3 Å². The van der Waals surface area contributed by atoms with Crippen molar-refractivity contribution in [3.63, 3.8) is 0 Å². The van der Waals surface area contributed by atoms with E-state index < -0.39 is 17.7 Å². The molecule has 7 nitrogen and oxygen atoms in total. The van der Waals surface area contributed by atoms with Crippen LogP contribution in [0.4, 0.5) is 25.1 Å². The Morgan fingerprint density at radius 1 is 1.20 bits per heavy atom. The molecule has 1 aromatic carbocycles. The molecule has 2 N–H and O–H groups in total. The summed E-state index contributed by atoms with van der Waals surface area (Å²) in [5.41, 5.74) is 0.152. The predicted octanol–water partition coefficient (Wildman–Crippen LogP) is 1.91. The van der Waals surface area contributed by atoms with E-state index in [0.717, 1.165) is 31.0 Å². The van der Waals surface area contributed by atoms with E-state index in [1.54, 1.807) is 12.3 Å². The fourth-order valence-corrected chi connectivity index (χ4v) is 2.35. The number of morpholine rings is 1. The Kier molecular flexibility index (Phi) is 5.34. The van der Waals surface area contributed by atoms with Gasteiger partial charge >= 0.3 is 6.03 Å². The first-order valence-corrected chi connectivity index (χ1v) is 7.76. The van der Waals surface area contributed by atoms with Gasteiger partial charge in [0.25, 0.3) is 0 Å². The molecule has 0 bridgehead atoms. The van der Waals surface area contributed by atoms with E-state index in [1.165, 1.54) is 6.07 Å². The zero-order valence-corrected chi connectivity index (χ0v) is 13.3. The zero-order valence-electron chi connectivity index (χ0n) is 13.3. The molecule has 1 aromatic heterocycles. The van der Waals surface area contributed by atoms with Crippen LogP contribution in [-0.2, 0) is 11.3 Å². The first-order chi connectivity index (χ1) is 12.1. The van der Waals surface area contributed by atoms with Gasteiger partial charge in [0.2, 0.25) is 0 Å². The number of anilines is 2. The summed E-state index contributed by atoms with van der Waals surface area (Å²) in [5.74, 6) is -0.779. The number of carbonyl (C=O) groups is 1. The summed E-state index contributed by atoms with van der Waals surface area (Å²) in [7, 11) is 0. The third-order valence-corrected chi connectivity index (χ3v) is 3.61. The van der Waals surface area contributed by atoms with Crippen LogP contribution < -0.4 is 15.5 Å². The van der Waals surface area contributed by atoms with Crippen molar-refractivity contribution in [2.24, 2.45) is 0 Å². The molecule has 132 valence electrons. The van der Waals surface area contributed by atoms with Gasteiger partial charge in [-0.05, 0) is 18.2 Å². The Morgan fingerprint density at radius 3 is 2.76 bits per heavy atom. The van der Waals surface area contributed by atoms with E-state index >= 15 is 0 Å². The van der Waals surface area contributed by atoms with Crippen LogP contribution >= 0.6 is 0 Å². The summed E-state index contributed by atoms with van der Waals surface area (Å²) in [6.07, 6.45) is 1.63. The number of nitrogens with zero attached hydrogens (tertiary/aromatic N) is 3. The molecule has 25 heavy (non-hydrogen) atoms. The molecule has 1 fully saturated rings. The number of carbonyl (C=O) groups excluding carboxylic acids is 1. The highest BCUT2D eigenvalue weighted by Crippen LogP contribution is 2.13. The van der Waals surface area contributed by atoms with E-state index in [2.05, 4.69) is 25.5 Å². The fourth-order valence-electron chi connectivity index (χ4n) is 2.35. The molecule has 0 unspecified atom stereocenters. The SMILES string of the molecule is O=C(NCc1nccc(N2CCOCC2)n1)Nc1ccc(F)c(F)c1. The second-order valence-corrected chi connectivity index (χ2v) is 5.37. The van der Waals surface area contributed by atoms with Crippen LogP contribution in [0, 0.1) is 11.6 Å². The number of nitrogens with one attached hydrogen (secondary N) is 2. The van der Waals surface area contributed by atoms with Crippen molar-refractivity contribution in [3.8, 4) is 0 Å². The molecule has 0 atom stereocenters. The number of halogens is 2. The van der Waals surface area contributed by atoms with Gasteiger partial charge in [-0.15, -0.1) is 0 Å². The fraction of sp³-hybridized carbons (Fsp3) is 0.312. The van der Waals surface area contributed by atoms with Crippen LogP contribution in [0.1, 0.15) is 5.82 Å². The quantitative estimate of drug-likeness (QED) is 0.882. The number of amides is 2. The second kappa shape index (κ2) is 7.84. The largest absolute Gasteiger partial charge is 0.378 e. The van der Waals surface area contributed by atoms with Gasteiger partial charge in [-0.1, -0.05) is 0 Å². The van der Waals surface area contributed by atoms with E-state index in [1.807, 2.05) is 0 Å². The third kappa shape index (κ3) is 4.60. The van der Waals surface area contributed by atoms with Crippen molar-refractivity contribution in [2.45, 2.75) is 6.54 Å². The molecule has 1 saturated heterocycles. The average molecular weight is 349 g/mol. The summed E-state index contributed by atoms with van der Waals surface area (Å²) in [5, 5.41) is 5.00. The van der Waals surface area contributed by atoms with Gasteiger partial charge in [0.05, 0.1) is 19.8 Å². The maximum Gasteiger partial charge on any atom is 0.319 e. The first kappa shape index (κ1) is 17.0. The van der Waals surface area contributed by atoms with Gasteiger partial charge in [-0.25, -0.2) is 23.5 Å². The highest BCUT2D eigenvalue weighted by Gasteiger charge is 2.13. The standard InChI is InChI=1S/C16H17F2N5O2/c17-12-2-1-11(9-13(12)18)21-16(24)20-10-14-19-4-3-15(22-14)23-5-7-25-8-6-23/h1-4,9H,5-8,10H2,(H2,20,21,24). The normalized spacial score (nSPS) is 14.2. The molecule has 9 heteroatoms. The highest BCUT2D eigenvalue weighted by atomic mass is 19.2. The molecular weight excluding hydrogens is 332 g/mol. The number of urea groups is 1. The lowest BCUT2D eigenvalue weighted by Crippen LogP contribution is -2.37. The van der Waals surface area contributed by atoms with Gasteiger partial charge in [0.1, 0.15) is 11.6 Å². The van der Waals surface area contributed by atoms with Crippen molar-refractivity contribution in [1.82, 2.24) is 15.3 Å². The van der Waals surface area contributed by atoms with Gasteiger partial charge in [0.15, 0.2) is 11.6 Å². The summed E-state index contributed by atoms with van der Waals surface area (Å²) in [4.78, 5) is 22.5. The molecule has 0 aliphatic carbocycles. The number of rotatable bonds is 4. The number of hydrogen-bond acceptors (Lipinski definition) is 5. The maximum atomic E-state index is 13.1. The van der Waals surface area contributed by atoms with Crippen molar-refractivity contribution in [2.75, 3.05) is 36.5 Å². The number of aromatic nitrogens is 2. The van der Waals surface area contributed by atoms with E-state index in [4.69, 9.17) is 4.74 Å². The Morgan fingerprint density at radius 2 is 2.00 bits per heavy atom. The van der Waals surface area contributed by atoms with Gasteiger partial charge in [-0.3, -0.25) is 0 Å². The minimum atomic E-state index is -1.03. The maximum absolute atomic E-state index is 13.1. The molecule has 1 aliphatic rings. The molecule has 0 saturated carbocycles. The molecule has 0 radical (unpaired) electrons. The molecular formula is C16H17F2N5O2. The van der Waals surface area contributed by atoms with Gasteiger partial charge in [-0.2, -0.15) is 0 Å². The highest BCUT2D eigenvalue weighted by molar-refractivity contribution is 5.89. The van der Waals surface area contributed by atoms with Crippen molar-refractivity contribution < 1.29 is 18.3 Å². The zero-order chi connectivity index (χ0) is 17.6. The van der Waals surface area contributed by atoms with E-state index in [9.17, 15) is 13.6 Å². The summed E-state index contributed by atoms with van der Waals surface area (Å²) in [6.45, 7) is 2.90.